The summed E-state index contributed by atoms with van der Waals surface area (Å²) in [6.45, 7) is 8.52. The van der Waals surface area contributed by atoms with E-state index in [1.54, 1.807) is 0 Å². The fraction of sp³-hybridized carbons (Fsp3) is 0.643. The lowest BCUT2D eigenvalue weighted by Crippen LogP contribution is -2.62. The molecule has 2 heterocycles. The van der Waals surface area contributed by atoms with Gasteiger partial charge in [0.25, 0.3) is 5.91 Å². The fourth-order valence-corrected chi connectivity index (χ4v) is 3.52. The Balaban J connectivity index is 2.14. The third kappa shape index (κ3) is 4.28. The predicted molar refractivity (Wildman–Crippen MR) is 83.8 cm³/mol. The second-order valence-electron chi connectivity index (χ2n) is 6.84. The summed E-state index contributed by atoms with van der Waals surface area (Å²) in [6, 6.07) is 1.50. The van der Waals surface area contributed by atoms with E-state index in [4.69, 9.17) is 23.2 Å². The minimum Gasteiger partial charge on any atom is -0.349 e. The van der Waals surface area contributed by atoms with Gasteiger partial charge in [0, 0.05) is 17.1 Å². The quantitative estimate of drug-likeness (QED) is 0.874. The van der Waals surface area contributed by atoms with Crippen molar-refractivity contribution in [1.82, 2.24) is 20.8 Å². The van der Waals surface area contributed by atoms with E-state index in [1.807, 2.05) is 0 Å². The lowest BCUT2D eigenvalue weighted by atomic mass is 9.79. The maximum atomic E-state index is 12.4. The van der Waals surface area contributed by atoms with Crippen LogP contribution in [0, 0.1) is 0 Å². The van der Waals surface area contributed by atoms with E-state index in [1.165, 1.54) is 6.07 Å². The summed E-state index contributed by atoms with van der Waals surface area (Å²) in [4.78, 5) is 12.4. The molecule has 0 radical (unpaired) electrons. The molecule has 1 saturated heterocycles. The van der Waals surface area contributed by atoms with Gasteiger partial charge < -0.3 is 10.6 Å². The van der Waals surface area contributed by atoms with Crippen LogP contribution in [-0.2, 0) is 0 Å². The zero-order valence-corrected chi connectivity index (χ0v) is 14.1. The first-order chi connectivity index (χ1) is 9.58. The first kappa shape index (κ1) is 16.5. The van der Waals surface area contributed by atoms with Gasteiger partial charge in [-0.1, -0.05) is 23.2 Å². The molecule has 0 atom stereocenters. The maximum Gasteiger partial charge on any atom is 0.254 e. The molecule has 1 fully saturated rings. The molecule has 2 N–H and O–H groups in total. The maximum absolute atomic E-state index is 12.4. The standard InChI is InChI=1S/C14H20Cl2N4O/c1-13(2)6-8(7-14(3,4)20-13)17-12(21)9-5-10(15)18-19-11(9)16/h5,8,20H,6-7H2,1-4H3,(H,17,21). The van der Waals surface area contributed by atoms with Crippen molar-refractivity contribution >= 4 is 29.1 Å². The van der Waals surface area contributed by atoms with E-state index in [-0.39, 0.29) is 38.9 Å². The van der Waals surface area contributed by atoms with Crippen molar-refractivity contribution in [2.75, 3.05) is 0 Å². The number of nitrogens with zero attached hydrogens (tertiary/aromatic N) is 2. The molecule has 116 valence electrons. The Morgan fingerprint density at radius 1 is 1.24 bits per heavy atom. The van der Waals surface area contributed by atoms with Crippen LogP contribution in [0.15, 0.2) is 6.07 Å². The summed E-state index contributed by atoms with van der Waals surface area (Å²) in [5, 5.41) is 14.1. The van der Waals surface area contributed by atoms with Gasteiger partial charge in [-0.25, -0.2) is 0 Å². The van der Waals surface area contributed by atoms with Gasteiger partial charge in [0.05, 0.1) is 5.56 Å². The normalized spacial score (nSPS) is 21.0. The van der Waals surface area contributed by atoms with E-state index >= 15 is 0 Å². The van der Waals surface area contributed by atoms with Crippen LogP contribution in [0.25, 0.3) is 0 Å². The molecular formula is C14H20Cl2N4O. The summed E-state index contributed by atoms with van der Waals surface area (Å²) >= 11 is 11.7. The van der Waals surface area contributed by atoms with Gasteiger partial charge >= 0.3 is 0 Å². The molecule has 1 aromatic rings. The highest BCUT2D eigenvalue weighted by molar-refractivity contribution is 6.34. The second-order valence-corrected chi connectivity index (χ2v) is 7.59. The van der Waals surface area contributed by atoms with Crippen LogP contribution < -0.4 is 10.6 Å². The van der Waals surface area contributed by atoms with Crippen molar-refractivity contribution in [3.8, 4) is 0 Å². The molecule has 1 aliphatic rings. The highest BCUT2D eigenvalue weighted by atomic mass is 35.5. The van der Waals surface area contributed by atoms with Crippen LogP contribution >= 0.6 is 23.2 Å². The smallest absolute Gasteiger partial charge is 0.254 e. The van der Waals surface area contributed by atoms with Gasteiger partial charge in [0.15, 0.2) is 10.3 Å². The highest BCUT2D eigenvalue weighted by Gasteiger charge is 2.38. The molecule has 0 spiro atoms. The molecule has 2 rings (SSSR count). The highest BCUT2D eigenvalue weighted by Crippen LogP contribution is 2.29. The van der Waals surface area contributed by atoms with Crippen molar-refractivity contribution < 1.29 is 4.79 Å². The molecule has 1 amide bonds. The number of rotatable bonds is 2. The van der Waals surface area contributed by atoms with Gasteiger partial charge in [-0.05, 0) is 46.6 Å². The molecule has 5 nitrogen and oxygen atoms in total. The molecule has 0 aliphatic carbocycles. The second kappa shape index (κ2) is 5.71. The average molecular weight is 331 g/mol. The predicted octanol–water partition coefficient (Wildman–Crippen LogP) is 2.82. The molecule has 1 aliphatic heterocycles. The topological polar surface area (TPSA) is 66.9 Å². The number of carbonyl (C=O) groups is 1. The van der Waals surface area contributed by atoms with Gasteiger partial charge in [0.1, 0.15) is 0 Å². The lowest BCUT2D eigenvalue weighted by Gasteiger charge is -2.46. The molecule has 0 saturated carbocycles. The number of carbonyl (C=O) groups excluding carboxylic acids is 1. The first-order valence-electron chi connectivity index (χ1n) is 6.87. The lowest BCUT2D eigenvalue weighted by molar-refractivity contribution is 0.0873. The van der Waals surface area contributed by atoms with Crippen LogP contribution in [0.4, 0.5) is 0 Å². The van der Waals surface area contributed by atoms with E-state index in [0.717, 1.165) is 12.8 Å². The van der Waals surface area contributed by atoms with Crippen molar-refractivity contribution in [3.63, 3.8) is 0 Å². The number of nitrogens with one attached hydrogen (secondary N) is 2. The molecule has 0 bridgehead atoms. The van der Waals surface area contributed by atoms with Crippen molar-refractivity contribution in [3.05, 3.63) is 21.9 Å². The van der Waals surface area contributed by atoms with E-state index in [2.05, 4.69) is 48.5 Å². The van der Waals surface area contributed by atoms with Crippen LogP contribution in [0.1, 0.15) is 50.9 Å². The Kier molecular flexibility index (Phi) is 4.47. The Hall–Kier alpha value is -0.910. The monoisotopic (exact) mass is 330 g/mol. The Bertz CT molecular complexity index is 544. The van der Waals surface area contributed by atoms with E-state index in [0.29, 0.717) is 0 Å². The summed E-state index contributed by atoms with van der Waals surface area (Å²) in [5.41, 5.74) is 0.167. The SMILES string of the molecule is CC1(C)CC(NC(=O)c2cc(Cl)nnc2Cl)CC(C)(C)N1. The first-order valence-corrected chi connectivity index (χ1v) is 7.62. The molecule has 0 unspecified atom stereocenters. The Morgan fingerprint density at radius 3 is 2.38 bits per heavy atom. The number of hydrogen-bond acceptors (Lipinski definition) is 4. The number of halogens is 2. The Morgan fingerprint density at radius 2 is 1.81 bits per heavy atom. The zero-order valence-electron chi connectivity index (χ0n) is 12.6. The largest absolute Gasteiger partial charge is 0.349 e. The van der Waals surface area contributed by atoms with Crippen molar-refractivity contribution in [2.45, 2.75) is 57.7 Å². The number of aromatic nitrogens is 2. The summed E-state index contributed by atoms with van der Waals surface area (Å²) in [7, 11) is 0. The van der Waals surface area contributed by atoms with Crippen LogP contribution in [0.5, 0.6) is 0 Å². The Labute approximate surface area is 134 Å². The molecule has 21 heavy (non-hydrogen) atoms. The van der Waals surface area contributed by atoms with E-state index < -0.39 is 0 Å². The summed E-state index contributed by atoms with van der Waals surface area (Å²) in [5.74, 6) is -0.268. The summed E-state index contributed by atoms with van der Waals surface area (Å²) < 4.78 is 0. The molecular weight excluding hydrogens is 311 g/mol. The van der Waals surface area contributed by atoms with Gasteiger partial charge in [0.2, 0.25) is 0 Å². The van der Waals surface area contributed by atoms with Gasteiger partial charge in [-0.3, -0.25) is 4.79 Å². The number of hydrogen-bond donors (Lipinski definition) is 2. The third-order valence-corrected chi connectivity index (χ3v) is 3.95. The van der Waals surface area contributed by atoms with Crippen LogP contribution in [-0.4, -0.2) is 33.2 Å². The molecule has 7 heteroatoms. The summed E-state index contributed by atoms with van der Waals surface area (Å²) in [6.07, 6.45) is 1.68. The minimum atomic E-state index is -0.268. The van der Waals surface area contributed by atoms with Gasteiger partial charge in [-0.2, -0.15) is 0 Å². The molecule has 0 aromatic carbocycles. The minimum absolute atomic E-state index is 0.0440. The van der Waals surface area contributed by atoms with Crippen molar-refractivity contribution in [1.29, 1.82) is 0 Å². The molecule has 1 aromatic heterocycles. The van der Waals surface area contributed by atoms with Crippen LogP contribution in [0.3, 0.4) is 0 Å². The zero-order chi connectivity index (χ0) is 15.8. The number of amides is 1. The van der Waals surface area contributed by atoms with E-state index in [9.17, 15) is 4.79 Å². The third-order valence-electron chi connectivity index (χ3n) is 3.49. The average Bonchev–Trinajstić information content (AvgIpc) is 2.27. The number of piperidine rings is 1. The fourth-order valence-electron chi connectivity index (χ4n) is 3.20. The van der Waals surface area contributed by atoms with Crippen LogP contribution in [0.2, 0.25) is 10.3 Å². The van der Waals surface area contributed by atoms with Gasteiger partial charge in [-0.15, -0.1) is 10.2 Å². The van der Waals surface area contributed by atoms with Crippen molar-refractivity contribution in [2.24, 2.45) is 0 Å².